The predicted molar refractivity (Wildman–Crippen MR) is 138 cm³/mol. The maximum Gasteiger partial charge on any atom is 0.490 e. The average molecular weight is 564 g/mol. The molecule has 3 atom stereocenters. The number of nitrogens with zero attached hydrogens (tertiary/aromatic N) is 1. The van der Waals surface area contributed by atoms with E-state index in [1.807, 2.05) is 30.3 Å². The molecule has 2 amide bonds. The standard InChI is InChI=1S/C26H31N3O4.C2HF3O2/c27-14-16-10-12-18(13-11-16)25(31)29-15-21(19-8-4-5-9-20(19)26(32)33)22(23(29)24(28)30)17-6-2-1-3-7-17;3-2(4,5)1(6)7/h1-9,16,18,21-23H,10-15,27H2,(H2,28,30)(H,32,33);(H,6,7)/t16-,18-,21?,22-,23+;/m1./s1. The number of rotatable bonds is 6. The van der Waals surface area contributed by atoms with E-state index in [4.69, 9.17) is 21.4 Å². The van der Waals surface area contributed by atoms with E-state index in [0.717, 1.165) is 31.2 Å². The predicted octanol–water partition coefficient (Wildman–Crippen LogP) is 3.35. The third-order valence-corrected chi connectivity index (χ3v) is 7.62. The van der Waals surface area contributed by atoms with Crippen molar-refractivity contribution in [2.45, 2.75) is 49.7 Å². The number of carboxylic acid groups (broad SMARTS) is 2. The molecule has 1 saturated heterocycles. The van der Waals surface area contributed by atoms with E-state index < -0.39 is 36.0 Å². The molecule has 0 bridgehead atoms. The minimum atomic E-state index is -5.08. The highest BCUT2D eigenvalue weighted by atomic mass is 19.4. The van der Waals surface area contributed by atoms with Crippen LogP contribution in [0.2, 0.25) is 0 Å². The summed E-state index contributed by atoms with van der Waals surface area (Å²) >= 11 is 0. The Morgan fingerprint density at radius 3 is 1.95 bits per heavy atom. The number of likely N-dealkylation sites (tertiary alicyclic amines) is 1. The quantitative estimate of drug-likeness (QED) is 0.419. The number of aromatic carboxylic acids is 1. The highest BCUT2D eigenvalue weighted by molar-refractivity contribution is 5.92. The van der Waals surface area contributed by atoms with Crippen molar-refractivity contribution < 1.29 is 42.6 Å². The first-order chi connectivity index (χ1) is 18.9. The van der Waals surface area contributed by atoms with Crippen LogP contribution in [0.25, 0.3) is 0 Å². The van der Waals surface area contributed by atoms with Crippen molar-refractivity contribution in [3.63, 3.8) is 0 Å². The molecule has 9 nitrogen and oxygen atoms in total. The summed E-state index contributed by atoms with van der Waals surface area (Å²) in [5.74, 6) is -4.93. The van der Waals surface area contributed by atoms with Crippen molar-refractivity contribution in [3.8, 4) is 0 Å². The third kappa shape index (κ3) is 6.98. The lowest BCUT2D eigenvalue weighted by Crippen LogP contribution is -2.48. The summed E-state index contributed by atoms with van der Waals surface area (Å²) in [4.78, 5) is 48.9. The van der Waals surface area contributed by atoms with Gasteiger partial charge in [-0.1, -0.05) is 48.5 Å². The summed E-state index contributed by atoms with van der Waals surface area (Å²) in [5.41, 5.74) is 13.4. The van der Waals surface area contributed by atoms with Gasteiger partial charge in [-0.15, -0.1) is 0 Å². The van der Waals surface area contributed by atoms with Gasteiger partial charge in [0.25, 0.3) is 0 Å². The van der Waals surface area contributed by atoms with Crippen LogP contribution in [0.5, 0.6) is 0 Å². The number of benzene rings is 2. The van der Waals surface area contributed by atoms with Gasteiger partial charge in [0.1, 0.15) is 6.04 Å². The fourth-order valence-corrected chi connectivity index (χ4v) is 5.69. The van der Waals surface area contributed by atoms with Crippen LogP contribution in [0.1, 0.15) is 59.0 Å². The number of hydrogen-bond donors (Lipinski definition) is 4. The fourth-order valence-electron chi connectivity index (χ4n) is 5.69. The van der Waals surface area contributed by atoms with Crippen molar-refractivity contribution in [1.82, 2.24) is 4.90 Å². The SMILES string of the molecule is NC[C@H]1CC[C@H](C(=O)N2CC(c3ccccc3C(=O)O)[C@@H](c3ccccc3)[C@H]2C(N)=O)CC1.O=C(O)C(F)(F)F. The Bertz CT molecular complexity index is 1220. The molecule has 1 saturated carbocycles. The van der Waals surface area contributed by atoms with Gasteiger partial charge in [0, 0.05) is 24.3 Å². The number of aliphatic carboxylic acids is 1. The third-order valence-electron chi connectivity index (χ3n) is 7.62. The number of carbonyl (C=O) groups excluding carboxylic acids is 2. The second-order valence-electron chi connectivity index (χ2n) is 10.0. The van der Waals surface area contributed by atoms with Crippen molar-refractivity contribution in [3.05, 3.63) is 71.3 Å². The molecule has 2 aromatic carbocycles. The smallest absolute Gasteiger partial charge is 0.478 e. The van der Waals surface area contributed by atoms with Gasteiger partial charge in [-0.05, 0) is 55.3 Å². The molecule has 1 aliphatic heterocycles. The lowest BCUT2D eigenvalue weighted by Gasteiger charge is -2.32. The maximum atomic E-state index is 13.7. The first kappa shape index (κ1) is 30.6. The second-order valence-corrected chi connectivity index (χ2v) is 10.0. The number of alkyl halides is 3. The minimum Gasteiger partial charge on any atom is -0.478 e. The second kappa shape index (κ2) is 12.9. The Kier molecular flexibility index (Phi) is 9.91. The molecule has 1 aliphatic carbocycles. The van der Waals surface area contributed by atoms with Crippen molar-refractivity contribution in [1.29, 1.82) is 0 Å². The molecule has 6 N–H and O–H groups in total. The van der Waals surface area contributed by atoms with Crippen LogP contribution in [-0.2, 0) is 14.4 Å². The van der Waals surface area contributed by atoms with Gasteiger partial charge < -0.3 is 26.6 Å². The van der Waals surface area contributed by atoms with Gasteiger partial charge in [0.05, 0.1) is 5.56 Å². The van der Waals surface area contributed by atoms with Gasteiger partial charge in [-0.3, -0.25) is 9.59 Å². The zero-order chi connectivity index (χ0) is 29.6. The molecule has 2 aliphatic rings. The van der Waals surface area contributed by atoms with E-state index in [-0.39, 0.29) is 29.9 Å². The molecular formula is C28H32F3N3O6. The molecule has 2 aromatic rings. The largest absolute Gasteiger partial charge is 0.490 e. The number of amides is 2. The van der Waals surface area contributed by atoms with Crippen LogP contribution in [0.3, 0.4) is 0 Å². The molecular weight excluding hydrogens is 531 g/mol. The van der Waals surface area contributed by atoms with Gasteiger partial charge >= 0.3 is 18.1 Å². The highest BCUT2D eigenvalue weighted by Crippen LogP contribution is 2.46. The van der Waals surface area contributed by atoms with Gasteiger partial charge in [-0.25, -0.2) is 9.59 Å². The van der Waals surface area contributed by atoms with Crippen LogP contribution in [-0.4, -0.2) is 64.2 Å². The minimum absolute atomic E-state index is 0.0643. The number of carbonyl (C=O) groups is 4. The number of nitrogens with two attached hydrogens (primary N) is 2. The summed E-state index contributed by atoms with van der Waals surface area (Å²) < 4.78 is 31.7. The van der Waals surface area contributed by atoms with Crippen molar-refractivity contribution >= 4 is 23.8 Å². The van der Waals surface area contributed by atoms with Crippen LogP contribution in [0.15, 0.2) is 54.6 Å². The Labute approximate surface area is 228 Å². The number of primary amides is 1. The molecule has 0 aromatic heterocycles. The van der Waals surface area contributed by atoms with Gasteiger partial charge in [0.2, 0.25) is 11.8 Å². The van der Waals surface area contributed by atoms with E-state index in [9.17, 15) is 32.7 Å². The summed E-state index contributed by atoms with van der Waals surface area (Å²) in [5, 5.41) is 16.9. The Balaban J connectivity index is 0.000000559. The lowest BCUT2D eigenvalue weighted by atomic mass is 9.78. The number of carboxylic acids is 2. The molecule has 1 unspecified atom stereocenters. The average Bonchev–Trinajstić information content (AvgIpc) is 3.34. The van der Waals surface area contributed by atoms with E-state index in [0.29, 0.717) is 18.0 Å². The summed E-state index contributed by atoms with van der Waals surface area (Å²) in [7, 11) is 0. The molecule has 4 rings (SSSR count). The van der Waals surface area contributed by atoms with Gasteiger partial charge in [-0.2, -0.15) is 13.2 Å². The van der Waals surface area contributed by atoms with Gasteiger partial charge in [0.15, 0.2) is 0 Å². The van der Waals surface area contributed by atoms with Crippen molar-refractivity contribution in [2.24, 2.45) is 23.3 Å². The number of hydrogen-bond acceptors (Lipinski definition) is 5. The fraction of sp³-hybridized carbons (Fsp3) is 0.429. The molecule has 2 fully saturated rings. The van der Waals surface area contributed by atoms with E-state index in [1.54, 1.807) is 29.2 Å². The number of halogens is 3. The molecule has 12 heteroatoms. The molecule has 40 heavy (non-hydrogen) atoms. The van der Waals surface area contributed by atoms with E-state index in [1.165, 1.54) is 0 Å². The molecule has 1 heterocycles. The zero-order valence-electron chi connectivity index (χ0n) is 21.6. The summed E-state index contributed by atoms with van der Waals surface area (Å²) in [6.45, 7) is 0.881. The normalized spacial score (nSPS) is 24.5. The van der Waals surface area contributed by atoms with Crippen LogP contribution in [0, 0.1) is 11.8 Å². The first-order valence-electron chi connectivity index (χ1n) is 12.8. The zero-order valence-corrected chi connectivity index (χ0v) is 21.6. The van der Waals surface area contributed by atoms with Crippen LogP contribution < -0.4 is 11.5 Å². The van der Waals surface area contributed by atoms with Crippen LogP contribution in [0.4, 0.5) is 13.2 Å². The Morgan fingerprint density at radius 2 is 1.45 bits per heavy atom. The molecule has 0 spiro atoms. The topological polar surface area (TPSA) is 164 Å². The molecule has 0 radical (unpaired) electrons. The van der Waals surface area contributed by atoms with E-state index >= 15 is 0 Å². The maximum absolute atomic E-state index is 13.7. The van der Waals surface area contributed by atoms with Crippen LogP contribution >= 0.6 is 0 Å². The summed E-state index contributed by atoms with van der Waals surface area (Å²) in [6.07, 6.45) is -1.80. The Morgan fingerprint density at radius 1 is 0.900 bits per heavy atom. The Hall–Kier alpha value is -3.93. The molecule has 216 valence electrons. The highest BCUT2D eigenvalue weighted by Gasteiger charge is 2.50. The first-order valence-corrected chi connectivity index (χ1v) is 12.8. The lowest BCUT2D eigenvalue weighted by molar-refractivity contribution is -0.192. The monoisotopic (exact) mass is 563 g/mol. The van der Waals surface area contributed by atoms with E-state index in [2.05, 4.69) is 0 Å². The summed E-state index contributed by atoms with van der Waals surface area (Å²) in [6, 6.07) is 15.5. The van der Waals surface area contributed by atoms with Crippen molar-refractivity contribution in [2.75, 3.05) is 13.1 Å².